The van der Waals surface area contributed by atoms with E-state index in [1.807, 2.05) is 56.3 Å². The number of primary amides is 1. The average molecular weight is 268 g/mol. The second-order valence-corrected chi connectivity index (χ2v) is 5.14. The molecule has 2 rings (SSSR count). The van der Waals surface area contributed by atoms with Crippen molar-refractivity contribution in [1.29, 1.82) is 0 Å². The Hall–Kier alpha value is -2.13. The molecule has 3 N–H and O–H groups in total. The van der Waals surface area contributed by atoms with Crippen LogP contribution in [-0.2, 0) is 4.79 Å². The van der Waals surface area contributed by atoms with Crippen LogP contribution >= 0.6 is 0 Å². The molecule has 0 saturated heterocycles. The zero-order valence-corrected chi connectivity index (χ0v) is 11.8. The first-order valence-electron chi connectivity index (χ1n) is 6.78. The van der Waals surface area contributed by atoms with Gasteiger partial charge < -0.3 is 5.73 Å². The lowest BCUT2D eigenvalue weighted by Gasteiger charge is -2.18. The molecule has 0 aromatic heterocycles. The van der Waals surface area contributed by atoms with Crippen molar-refractivity contribution in [3.05, 3.63) is 60.2 Å². The van der Waals surface area contributed by atoms with E-state index < -0.39 is 6.04 Å². The molecule has 0 heterocycles. The Morgan fingerprint density at radius 2 is 1.50 bits per heavy atom. The summed E-state index contributed by atoms with van der Waals surface area (Å²) in [5.41, 5.74) is 8.64. The number of carbonyl (C=O) groups excluding carboxylic acids is 1. The van der Waals surface area contributed by atoms with Crippen molar-refractivity contribution in [3.63, 3.8) is 0 Å². The molecule has 0 aliphatic rings. The van der Waals surface area contributed by atoms with E-state index in [-0.39, 0.29) is 11.9 Å². The molecule has 0 aliphatic carbocycles. The highest BCUT2D eigenvalue weighted by atomic mass is 16.1. The maximum absolute atomic E-state index is 11.6. The van der Waals surface area contributed by atoms with Gasteiger partial charge in [-0.25, -0.2) is 0 Å². The van der Waals surface area contributed by atoms with Gasteiger partial charge in [-0.1, -0.05) is 54.6 Å². The lowest BCUT2D eigenvalue weighted by molar-refractivity contribution is -0.120. The fraction of sp³-hybridized carbons (Fsp3) is 0.235. The third-order valence-electron chi connectivity index (χ3n) is 3.14. The summed E-state index contributed by atoms with van der Waals surface area (Å²) >= 11 is 0. The molecule has 3 nitrogen and oxygen atoms in total. The maximum atomic E-state index is 11.6. The highest BCUT2D eigenvalue weighted by molar-refractivity contribution is 5.81. The monoisotopic (exact) mass is 268 g/mol. The summed E-state index contributed by atoms with van der Waals surface area (Å²) in [4.78, 5) is 11.6. The van der Waals surface area contributed by atoms with Crippen LogP contribution in [0.2, 0.25) is 0 Å². The summed E-state index contributed by atoms with van der Waals surface area (Å²) in [5, 5.41) is 3.18. The number of hydrogen-bond donors (Lipinski definition) is 2. The number of rotatable bonds is 5. The van der Waals surface area contributed by atoms with Crippen molar-refractivity contribution in [2.45, 2.75) is 25.9 Å². The Bertz CT molecular complexity index is 561. The topological polar surface area (TPSA) is 55.1 Å². The van der Waals surface area contributed by atoms with E-state index >= 15 is 0 Å². The van der Waals surface area contributed by atoms with Crippen LogP contribution < -0.4 is 11.1 Å². The summed E-state index contributed by atoms with van der Waals surface area (Å²) in [7, 11) is 0. The maximum Gasteiger partial charge on any atom is 0.239 e. The predicted octanol–water partition coefficient (Wildman–Crippen LogP) is 2.88. The van der Waals surface area contributed by atoms with E-state index in [1.165, 1.54) is 0 Å². The van der Waals surface area contributed by atoms with E-state index in [4.69, 9.17) is 5.73 Å². The Balaban J connectivity index is 2.24. The smallest absolute Gasteiger partial charge is 0.239 e. The van der Waals surface area contributed by atoms with Gasteiger partial charge in [0.25, 0.3) is 0 Å². The van der Waals surface area contributed by atoms with Crippen molar-refractivity contribution in [1.82, 2.24) is 5.32 Å². The Kier molecular flexibility index (Phi) is 4.53. The van der Waals surface area contributed by atoms with Crippen LogP contribution in [0.15, 0.2) is 54.6 Å². The highest BCUT2D eigenvalue weighted by Crippen LogP contribution is 2.22. The van der Waals surface area contributed by atoms with Crippen molar-refractivity contribution >= 4 is 5.91 Å². The van der Waals surface area contributed by atoms with E-state index in [0.29, 0.717) is 0 Å². The van der Waals surface area contributed by atoms with Gasteiger partial charge in [0, 0.05) is 6.04 Å². The Morgan fingerprint density at radius 3 is 2.00 bits per heavy atom. The van der Waals surface area contributed by atoms with E-state index in [1.54, 1.807) is 0 Å². The molecule has 1 atom stereocenters. The van der Waals surface area contributed by atoms with Crippen LogP contribution in [0.1, 0.15) is 25.5 Å². The number of carbonyl (C=O) groups is 1. The van der Waals surface area contributed by atoms with Gasteiger partial charge in [-0.2, -0.15) is 0 Å². The average Bonchev–Trinajstić information content (AvgIpc) is 2.45. The number of benzene rings is 2. The first kappa shape index (κ1) is 14.3. The largest absolute Gasteiger partial charge is 0.368 e. The van der Waals surface area contributed by atoms with Gasteiger partial charge in [0.05, 0.1) is 0 Å². The summed E-state index contributed by atoms with van der Waals surface area (Å²) in [6.07, 6.45) is 0. The SMILES string of the molecule is CC(C)NC(C(N)=O)c1ccc(-c2ccccc2)cc1. The minimum atomic E-state index is -0.445. The number of amides is 1. The van der Waals surface area contributed by atoms with E-state index in [0.717, 1.165) is 16.7 Å². The predicted molar refractivity (Wildman–Crippen MR) is 82.1 cm³/mol. The molecule has 0 aliphatic heterocycles. The summed E-state index contributed by atoms with van der Waals surface area (Å²) in [5.74, 6) is -0.355. The lowest BCUT2D eigenvalue weighted by Crippen LogP contribution is -2.37. The van der Waals surface area contributed by atoms with Gasteiger partial charge in [-0.3, -0.25) is 10.1 Å². The van der Waals surface area contributed by atoms with Gasteiger partial charge in [-0.15, -0.1) is 0 Å². The minimum absolute atomic E-state index is 0.196. The van der Waals surface area contributed by atoms with Crippen LogP contribution in [0.3, 0.4) is 0 Å². The van der Waals surface area contributed by atoms with Gasteiger partial charge in [-0.05, 0) is 30.5 Å². The highest BCUT2D eigenvalue weighted by Gasteiger charge is 2.18. The summed E-state index contributed by atoms with van der Waals surface area (Å²) < 4.78 is 0. The quantitative estimate of drug-likeness (QED) is 0.876. The molecule has 3 heteroatoms. The van der Waals surface area contributed by atoms with Crippen LogP contribution in [0.25, 0.3) is 11.1 Å². The summed E-state index contributed by atoms with van der Waals surface area (Å²) in [6.45, 7) is 3.99. The Labute approximate surface area is 119 Å². The molecule has 2 aromatic rings. The second kappa shape index (κ2) is 6.35. The van der Waals surface area contributed by atoms with Crippen LogP contribution in [0.5, 0.6) is 0 Å². The third-order valence-corrected chi connectivity index (χ3v) is 3.14. The van der Waals surface area contributed by atoms with E-state index in [2.05, 4.69) is 17.4 Å². The number of nitrogens with two attached hydrogens (primary N) is 1. The van der Waals surface area contributed by atoms with Crippen molar-refractivity contribution in [3.8, 4) is 11.1 Å². The van der Waals surface area contributed by atoms with Crippen LogP contribution in [0, 0.1) is 0 Å². The number of hydrogen-bond acceptors (Lipinski definition) is 2. The molecule has 1 amide bonds. The minimum Gasteiger partial charge on any atom is -0.368 e. The third kappa shape index (κ3) is 3.45. The molecular weight excluding hydrogens is 248 g/mol. The second-order valence-electron chi connectivity index (χ2n) is 5.14. The first-order chi connectivity index (χ1) is 9.58. The van der Waals surface area contributed by atoms with Gasteiger partial charge in [0.2, 0.25) is 5.91 Å². The summed E-state index contributed by atoms with van der Waals surface area (Å²) in [6, 6.07) is 17.8. The zero-order valence-electron chi connectivity index (χ0n) is 11.8. The number of nitrogens with one attached hydrogen (secondary N) is 1. The van der Waals surface area contributed by atoms with Crippen LogP contribution in [0.4, 0.5) is 0 Å². The molecule has 104 valence electrons. The molecule has 2 aromatic carbocycles. The van der Waals surface area contributed by atoms with Crippen LogP contribution in [-0.4, -0.2) is 11.9 Å². The van der Waals surface area contributed by atoms with Gasteiger partial charge in [0.15, 0.2) is 0 Å². The first-order valence-corrected chi connectivity index (χ1v) is 6.78. The molecular formula is C17H20N2O. The van der Waals surface area contributed by atoms with Gasteiger partial charge >= 0.3 is 0 Å². The molecule has 20 heavy (non-hydrogen) atoms. The standard InChI is InChI=1S/C17H20N2O/c1-12(2)19-16(17(18)20)15-10-8-14(9-11-15)13-6-4-3-5-7-13/h3-12,16,19H,1-2H3,(H2,18,20). The van der Waals surface area contributed by atoms with Crippen molar-refractivity contribution in [2.24, 2.45) is 5.73 Å². The molecule has 0 radical (unpaired) electrons. The Morgan fingerprint density at radius 1 is 0.950 bits per heavy atom. The van der Waals surface area contributed by atoms with Gasteiger partial charge in [0.1, 0.15) is 6.04 Å². The normalized spacial score (nSPS) is 12.3. The zero-order chi connectivity index (χ0) is 14.5. The fourth-order valence-electron chi connectivity index (χ4n) is 2.17. The lowest BCUT2D eigenvalue weighted by atomic mass is 10.00. The molecule has 0 saturated carbocycles. The van der Waals surface area contributed by atoms with Crippen molar-refractivity contribution < 1.29 is 4.79 Å². The fourth-order valence-corrected chi connectivity index (χ4v) is 2.17. The van der Waals surface area contributed by atoms with Crippen molar-refractivity contribution in [2.75, 3.05) is 0 Å². The molecule has 0 bridgehead atoms. The molecule has 0 spiro atoms. The van der Waals surface area contributed by atoms with E-state index in [9.17, 15) is 4.79 Å². The molecule has 1 unspecified atom stereocenters. The molecule has 0 fully saturated rings.